The highest BCUT2D eigenvalue weighted by atomic mass is 79.9. The van der Waals surface area contributed by atoms with E-state index >= 15 is 0 Å². The molecule has 3 nitrogen and oxygen atoms in total. The third kappa shape index (κ3) is 2.27. The first kappa shape index (κ1) is 12.6. The number of nitrogens with two attached hydrogens (primary N) is 1. The molecule has 0 aliphatic heterocycles. The van der Waals surface area contributed by atoms with Crippen molar-refractivity contribution in [1.29, 1.82) is 0 Å². The van der Waals surface area contributed by atoms with Gasteiger partial charge in [-0.05, 0) is 22.0 Å². The molecule has 0 aromatic carbocycles. The highest BCUT2D eigenvalue weighted by Gasteiger charge is 2.00. The van der Waals surface area contributed by atoms with Crippen LogP contribution in [0.25, 0.3) is 11.0 Å². The van der Waals surface area contributed by atoms with E-state index in [0.717, 1.165) is 21.2 Å². The third-order valence-electron chi connectivity index (χ3n) is 1.53. The lowest BCUT2D eigenvalue weighted by Crippen LogP contribution is -1.80. The van der Waals surface area contributed by atoms with Crippen molar-refractivity contribution >= 4 is 57.5 Å². The van der Waals surface area contributed by atoms with Crippen LogP contribution >= 0.6 is 40.7 Å². The van der Waals surface area contributed by atoms with Gasteiger partial charge in [-0.3, -0.25) is 0 Å². The zero-order valence-electron chi connectivity index (χ0n) is 6.45. The van der Waals surface area contributed by atoms with Gasteiger partial charge in [0.1, 0.15) is 5.65 Å². The average Bonchev–Trinajstić information content (AvgIpc) is 2.33. The predicted octanol–water partition coefficient (Wildman–Crippen LogP) is 2.75. The van der Waals surface area contributed by atoms with Gasteiger partial charge in [-0.15, -0.1) is 24.8 Å². The normalized spacial score (nSPS) is 9.00. The van der Waals surface area contributed by atoms with Crippen LogP contribution in [0, 0.1) is 0 Å². The van der Waals surface area contributed by atoms with E-state index in [4.69, 9.17) is 5.73 Å². The minimum atomic E-state index is 0. The van der Waals surface area contributed by atoms with Crippen molar-refractivity contribution in [3.63, 3.8) is 0 Å². The Hall–Kier alpha value is -0.450. The van der Waals surface area contributed by atoms with E-state index in [9.17, 15) is 0 Å². The number of halogens is 3. The number of hydrogen-bond donors (Lipinski definition) is 2. The fraction of sp³-hybridized carbons (Fsp3) is 0. The number of aromatic nitrogens is 2. The molecule has 0 aliphatic rings. The second kappa shape index (κ2) is 4.69. The quantitative estimate of drug-likeness (QED) is 0.782. The molecule has 0 atom stereocenters. The lowest BCUT2D eigenvalue weighted by molar-refractivity contribution is 1.31. The molecule has 0 spiro atoms. The number of H-pyrrole nitrogens is 1. The first-order chi connectivity index (χ1) is 5.27. The lowest BCUT2D eigenvalue weighted by Gasteiger charge is -1.90. The van der Waals surface area contributed by atoms with Gasteiger partial charge in [0.05, 0.1) is 5.69 Å². The molecule has 6 heteroatoms. The van der Waals surface area contributed by atoms with Crippen LogP contribution < -0.4 is 5.73 Å². The Kier molecular flexibility index (Phi) is 4.53. The molecule has 2 aromatic rings. The highest BCUT2D eigenvalue weighted by molar-refractivity contribution is 9.10. The van der Waals surface area contributed by atoms with Gasteiger partial charge in [0.2, 0.25) is 0 Å². The Balaban J connectivity index is 0.000000720. The summed E-state index contributed by atoms with van der Waals surface area (Å²) < 4.78 is 0.941. The summed E-state index contributed by atoms with van der Waals surface area (Å²) >= 11 is 3.32. The fourth-order valence-corrected chi connectivity index (χ4v) is 1.33. The van der Waals surface area contributed by atoms with Crippen LogP contribution in [0.1, 0.15) is 0 Å². The van der Waals surface area contributed by atoms with E-state index < -0.39 is 0 Å². The number of nitrogens with one attached hydrogen (secondary N) is 1. The first-order valence-corrected chi connectivity index (χ1v) is 3.95. The molecule has 0 radical (unpaired) electrons. The summed E-state index contributed by atoms with van der Waals surface area (Å²) in [6.45, 7) is 0. The summed E-state index contributed by atoms with van der Waals surface area (Å²) in [4.78, 5) is 7.08. The second-order valence-corrected chi connectivity index (χ2v) is 3.21. The number of anilines is 1. The smallest absolute Gasteiger partial charge is 0.139 e. The number of nitrogens with zero attached hydrogens (tertiary/aromatic N) is 1. The minimum Gasteiger partial charge on any atom is -0.397 e. The largest absolute Gasteiger partial charge is 0.397 e. The Labute approximate surface area is 96.1 Å². The molecular weight excluding hydrogens is 277 g/mol. The summed E-state index contributed by atoms with van der Waals surface area (Å²) in [6.07, 6.45) is 3.47. The predicted molar refractivity (Wildman–Crippen MR) is 62.7 cm³/mol. The summed E-state index contributed by atoms with van der Waals surface area (Å²) in [5.41, 5.74) is 7.21. The zero-order chi connectivity index (χ0) is 7.84. The summed E-state index contributed by atoms with van der Waals surface area (Å²) in [5.74, 6) is 0. The van der Waals surface area contributed by atoms with Crippen molar-refractivity contribution in [1.82, 2.24) is 9.97 Å². The van der Waals surface area contributed by atoms with Crippen LogP contribution in [0.15, 0.2) is 22.9 Å². The van der Waals surface area contributed by atoms with Crippen molar-refractivity contribution in [3.8, 4) is 0 Å². The first-order valence-electron chi connectivity index (χ1n) is 3.15. The Morgan fingerprint density at radius 3 is 2.77 bits per heavy atom. The van der Waals surface area contributed by atoms with Gasteiger partial charge in [0.25, 0.3) is 0 Å². The second-order valence-electron chi connectivity index (χ2n) is 2.29. The fourth-order valence-electron chi connectivity index (χ4n) is 0.998. The maximum Gasteiger partial charge on any atom is 0.139 e. The van der Waals surface area contributed by atoms with E-state index in [1.807, 2.05) is 6.07 Å². The topological polar surface area (TPSA) is 54.7 Å². The number of nitrogen functional groups attached to an aromatic ring is 1. The van der Waals surface area contributed by atoms with Crippen LogP contribution in [0.3, 0.4) is 0 Å². The van der Waals surface area contributed by atoms with Gasteiger partial charge >= 0.3 is 0 Å². The van der Waals surface area contributed by atoms with Gasteiger partial charge in [-0.25, -0.2) is 4.98 Å². The van der Waals surface area contributed by atoms with Gasteiger partial charge in [0.15, 0.2) is 0 Å². The van der Waals surface area contributed by atoms with Gasteiger partial charge in [-0.1, -0.05) is 0 Å². The molecule has 0 fully saturated rings. The molecule has 0 unspecified atom stereocenters. The summed E-state index contributed by atoms with van der Waals surface area (Å²) in [5, 5.41) is 0.958. The van der Waals surface area contributed by atoms with Crippen LogP contribution in [0.2, 0.25) is 0 Å². The Morgan fingerprint density at radius 1 is 1.38 bits per heavy atom. The number of aromatic amines is 1. The lowest BCUT2D eigenvalue weighted by atomic mass is 10.3. The van der Waals surface area contributed by atoms with Crippen molar-refractivity contribution in [2.45, 2.75) is 0 Å². The third-order valence-corrected chi connectivity index (χ3v) is 1.96. The summed E-state index contributed by atoms with van der Waals surface area (Å²) in [7, 11) is 0. The van der Waals surface area contributed by atoms with E-state index in [-0.39, 0.29) is 24.8 Å². The molecule has 2 rings (SSSR count). The van der Waals surface area contributed by atoms with E-state index in [1.165, 1.54) is 0 Å². The molecule has 3 N–H and O–H groups in total. The van der Waals surface area contributed by atoms with Crippen LogP contribution in [0.5, 0.6) is 0 Å². The molecule has 0 saturated heterocycles. The Morgan fingerprint density at radius 2 is 2.08 bits per heavy atom. The monoisotopic (exact) mass is 283 g/mol. The van der Waals surface area contributed by atoms with Crippen LogP contribution in [-0.4, -0.2) is 9.97 Å². The molecule has 2 aromatic heterocycles. The van der Waals surface area contributed by atoms with Crippen LogP contribution in [0.4, 0.5) is 5.69 Å². The maximum absolute atomic E-state index is 5.65. The van der Waals surface area contributed by atoms with E-state index in [2.05, 4.69) is 25.9 Å². The SMILES string of the molecule is Cl.Cl.Nc1c[nH]c2ncc(Br)cc12. The summed E-state index contributed by atoms with van der Waals surface area (Å²) in [6, 6.07) is 1.94. The Bertz CT molecular complexity index is 402. The molecule has 0 bridgehead atoms. The highest BCUT2D eigenvalue weighted by Crippen LogP contribution is 2.21. The van der Waals surface area contributed by atoms with Gasteiger partial charge in [0, 0.05) is 22.3 Å². The molecule has 2 heterocycles. The maximum atomic E-state index is 5.65. The molecule has 0 aliphatic carbocycles. The molecule has 0 amide bonds. The van der Waals surface area contributed by atoms with Gasteiger partial charge in [-0.2, -0.15) is 0 Å². The van der Waals surface area contributed by atoms with Crippen molar-refractivity contribution in [3.05, 3.63) is 22.9 Å². The van der Waals surface area contributed by atoms with Gasteiger partial charge < -0.3 is 10.7 Å². The molecule has 0 saturated carbocycles. The van der Waals surface area contributed by atoms with Crippen molar-refractivity contribution in [2.75, 3.05) is 5.73 Å². The standard InChI is InChI=1S/C7H6BrN3.2ClH/c8-4-1-5-6(9)3-11-7(5)10-2-4;;/h1-3H,9H2,(H,10,11);2*1H. The zero-order valence-corrected chi connectivity index (χ0v) is 9.67. The minimum absolute atomic E-state index is 0. The van der Waals surface area contributed by atoms with Crippen molar-refractivity contribution < 1.29 is 0 Å². The average molecular weight is 285 g/mol. The number of hydrogen-bond acceptors (Lipinski definition) is 2. The van der Waals surface area contributed by atoms with Crippen LogP contribution in [-0.2, 0) is 0 Å². The van der Waals surface area contributed by atoms with Crippen molar-refractivity contribution in [2.24, 2.45) is 0 Å². The number of pyridine rings is 1. The van der Waals surface area contributed by atoms with E-state index in [1.54, 1.807) is 12.4 Å². The number of fused-ring (bicyclic) bond motifs is 1. The number of rotatable bonds is 0. The molecular formula is C7H8BrCl2N3. The van der Waals surface area contributed by atoms with E-state index in [0.29, 0.717) is 0 Å². The molecule has 72 valence electrons. The molecule has 13 heavy (non-hydrogen) atoms.